The highest BCUT2D eigenvalue weighted by molar-refractivity contribution is 5.67. The van der Waals surface area contributed by atoms with Crippen molar-refractivity contribution in [2.75, 3.05) is 18.0 Å². The highest BCUT2D eigenvalue weighted by Gasteiger charge is 2.31. The van der Waals surface area contributed by atoms with Crippen LogP contribution in [0.3, 0.4) is 0 Å². The van der Waals surface area contributed by atoms with Gasteiger partial charge in [-0.2, -0.15) is 5.10 Å². The van der Waals surface area contributed by atoms with Crippen LogP contribution in [0.5, 0.6) is 0 Å². The van der Waals surface area contributed by atoms with E-state index in [-0.39, 0.29) is 12.2 Å². The van der Waals surface area contributed by atoms with Crippen molar-refractivity contribution < 1.29 is 19.6 Å². The van der Waals surface area contributed by atoms with Gasteiger partial charge in [0.15, 0.2) is 0 Å². The van der Waals surface area contributed by atoms with Gasteiger partial charge in [0.1, 0.15) is 11.8 Å². The lowest BCUT2D eigenvalue weighted by Crippen LogP contribution is -2.52. The van der Waals surface area contributed by atoms with E-state index in [9.17, 15) is 20.0 Å². The molecule has 2 heterocycles. The number of hydrazine groups is 1. The van der Waals surface area contributed by atoms with Crippen molar-refractivity contribution in [2.45, 2.75) is 51.4 Å². The normalized spacial score (nSPS) is 21.2. The molecular weight excluding hydrogens is 344 g/mol. The molecule has 1 aromatic rings. The Morgan fingerprint density at radius 3 is 2.81 bits per heavy atom. The predicted octanol–water partition coefficient (Wildman–Crippen LogP) is 0.687. The van der Waals surface area contributed by atoms with Crippen LogP contribution in [0, 0.1) is 10.1 Å². The molecule has 0 bridgehead atoms. The number of carbonyl (C=O) groups is 1. The van der Waals surface area contributed by atoms with Crippen LogP contribution in [-0.4, -0.2) is 56.7 Å². The smallest absolute Gasteiger partial charge is 0.422 e. The fraction of sp³-hybridized carbons (Fsp3) is 0.733. The Hall–Kier alpha value is -2.40. The van der Waals surface area contributed by atoms with Gasteiger partial charge in [0, 0.05) is 20.1 Å². The first-order valence-corrected chi connectivity index (χ1v) is 8.42. The highest BCUT2D eigenvalue weighted by atomic mass is 16.6. The van der Waals surface area contributed by atoms with E-state index in [1.807, 2.05) is 0 Å². The molecule has 0 saturated carbocycles. The number of β-amino-alcohol motifs (C(OH)–C–C–N with tert-alkyl or cyclic N) is 1. The van der Waals surface area contributed by atoms with Crippen LogP contribution >= 0.6 is 0 Å². The largest absolute Gasteiger partial charge is 0.443 e. The third kappa shape index (κ3) is 5.05. The van der Waals surface area contributed by atoms with E-state index in [4.69, 9.17) is 4.74 Å². The third-order valence-electron chi connectivity index (χ3n) is 3.96. The Morgan fingerprint density at radius 1 is 1.50 bits per heavy atom. The maximum Gasteiger partial charge on any atom is 0.422 e. The van der Waals surface area contributed by atoms with Crippen molar-refractivity contribution in [1.29, 1.82) is 0 Å². The number of hydrogen-bond donors (Lipinski definition) is 3. The number of nitrogens with one attached hydrogen (secondary N) is 2. The minimum absolute atomic E-state index is 0.0991. The summed E-state index contributed by atoms with van der Waals surface area (Å²) in [6, 6.07) is -0.403. The summed E-state index contributed by atoms with van der Waals surface area (Å²) >= 11 is 0. The van der Waals surface area contributed by atoms with Crippen molar-refractivity contribution in [1.82, 2.24) is 20.6 Å². The molecule has 2 rings (SSSR count). The number of aromatic nitrogens is 2. The number of aliphatic hydroxyl groups is 1. The molecule has 3 N–H and O–H groups in total. The van der Waals surface area contributed by atoms with Crippen molar-refractivity contribution in [3.8, 4) is 0 Å². The van der Waals surface area contributed by atoms with Crippen molar-refractivity contribution >= 4 is 17.6 Å². The molecule has 0 spiro atoms. The van der Waals surface area contributed by atoms with Crippen LogP contribution in [0.25, 0.3) is 0 Å². The molecular formula is C15H26N6O5. The van der Waals surface area contributed by atoms with Crippen molar-refractivity contribution in [2.24, 2.45) is 7.05 Å². The van der Waals surface area contributed by atoms with E-state index in [1.54, 1.807) is 32.7 Å². The van der Waals surface area contributed by atoms with Crippen molar-refractivity contribution in [3.63, 3.8) is 0 Å². The summed E-state index contributed by atoms with van der Waals surface area (Å²) in [6.07, 6.45) is 0.980. The lowest BCUT2D eigenvalue weighted by Gasteiger charge is -2.27. The van der Waals surface area contributed by atoms with Gasteiger partial charge in [-0.05, 0) is 33.6 Å². The number of carbonyl (C=O) groups excluding carboxylic acids is 1. The second kappa shape index (κ2) is 7.87. The predicted molar refractivity (Wildman–Crippen MR) is 93.6 cm³/mol. The van der Waals surface area contributed by atoms with Gasteiger partial charge in [0.2, 0.25) is 5.82 Å². The fourth-order valence-corrected chi connectivity index (χ4v) is 2.87. The molecule has 2 atom stereocenters. The molecule has 1 saturated heterocycles. The summed E-state index contributed by atoms with van der Waals surface area (Å²) in [4.78, 5) is 24.2. The molecule has 0 aliphatic carbocycles. The quantitative estimate of drug-likeness (QED) is 0.520. The second-order valence-corrected chi connectivity index (χ2v) is 7.27. The van der Waals surface area contributed by atoms with Crippen LogP contribution in [0.15, 0.2) is 6.20 Å². The molecule has 1 aliphatic heterocycles. The number of rotatable bonds is 4. The van der Waals surface area contributed by atoms with E-state index in [2.05, 4.69) is 16.0 Å². The molecule has 0 aromatic carbocycles. The van der Waals surface area contributed by atoms with Gasteiger partial charge in [-0.25, -0.2) is 14.9 Å². The monoisotopic (exact) mass is 370 g/mol. The zero-order valence-corrected chi connectivity index (χ0v) is 15.4. The third-order valence-corrected chi connectivity index (χ3v) is 3.96. The maximum atomic E-state index is 11.7. The molecule has 0 radical (unpaired) electrons. The second-order valence-electron chi connectivity index (χ2n) is 7.27. The van der Waals surface area contributed by atoms with Crippen LogP contribution in [0.4, 0.5) is 16.3 Å². The highest BCUT2D eigenvalue weighted by Crippen LogP contribution is 2.29. The minimum Gasteiger partial charge on any atom is -0.443 e. The standard InChI is InChI=1S/C15H26N6O5/c1-15(2,3)26-14(23)18-17-10-6-5-7-20(9-12(10)22)13-11(21(24)25)8-16-19(13)4/h8,10,12,17,22H,5-7,9H2,1-4H3,(H,18,23). The molecule has 1 amide bonds. The summed E-state index contributed by atoms with van der Waals surface area (Å²) in [5.74, 6) is 0.356. The lowest BCUT2D eigenvalue weighted by molar-refractivity contribution is -0.384. The summed E-state index contributed by atoms with van der Waals surface area (Å²) in [5, 5.41) is 25.6. The maximum absolute atomic E-state index is 11.7. The number of nitro groups is 1. The number of amides is 1. The number of nitrogens with zero attached hydrogens (tertiary/aromatic N) is 4. The zero-order valence-electron chi connectivity index (χ0n) is 15.4. The Bertz CT molecular complexity index is 655. The van der Waals surface area contributed by atoms with E-state index in [1.165, 1.54) is 10.9 Å². The number of hydrogen-bond acceptors (Lipinski definition) is 8. The number of aryl methyl sites for hydroxylation is 1. The molecule has 11 heteroatoms. The summed E-state index contributed by atoms with van der Waals surface area (Å²) in [5.41, 5.74) is 4.52. The fourth-order valence-electron chi connectivity index (χ4n) is 2.87. The molecule has 2 unspecified atom stereocenters. The van der Waals surface area contributed by atoms with E-state index in [0.717, 1.165) is 0 Å². The summed E-state index contributed by atoms with van der Waals surface area (Å²) in [6.45, 7) is 5.97. The molecule has 26 heavy (non-hydrogen) atoms. The molecule has 146 valence electrons. The SMILES string of the molecule is Cn1ncc([N+](=O)[O-])c1N1CCCC(NNC(=O)OC(C)(C)C)C(O)C1. The first kappa shape index (κ1) is 19.9. The Morgan fingerprint density at radius 2 is 2.19 bits per heavy atom. The minimum atomic E-state index is -0.845. The number of aliphatic hydroxyl groups excluding tert-OH is 1. The van der Waals surface area contributed by atoms with E-state index >= 15 is 0 Å². The zero-order chi connectivity index (χ0) is 19.5. The van der Waals surface area contributed by atoms with Crippen LogP contribution < -0.4 is 15.8 Å². The van der Waals surface area contributed by atoms with E-state index < -0.39 is 28.8 Å². The molecule has 1 aliphatic rings. The molecule has 1 fully saturated rings. The van der Waals surface area contributed by atoms with Gasteiger partial charge in [0.05, 0.1) is 17.1 Å². The summed E-state index contributed by atoms with van der Waals surface area (Å²) in [7, 11) is 1.62. The first-order chi connectivity index (χ1) is 12.1. The Labute approximate surface area is 151 Å². The summed E-state index contributed by atoms with van der Waals surface area (Å²) < 4.78 is 6.57. The number of anilines is 1. The van der Waals surface area contributed by atoms with Crippen LogP contribution in [0.1, 0.15) is 33.6 Å². The van der Waals surface area contributed by atoms with Gasteiger partial charge in [-0.1, -0.05) is 0 Å². The van der Waals surface area contributed by atoms with E-state index in [0.29, 0.717) is 25.2 Å². The van der Waals surface area contributed by atoms with Gasteiger partial charge in [0.25, 0.3) is 0 Å². The average Bonchev–Trinajstić information content (AvgIpc) is 2.79. The van der Waals surface area contributed by atoms with Gasteiger partial charge >= 0.3 is 11.8 Å². The van der Waals surface area contributed by atoms with Crippen molar-refractivity contribution in [3.05, 3.63) is 16.3 Å². The molecule has 11 nitrogen and oxygen atoms in total. The van der Waals surface area contributed by atoms with Gasteiger partial charge < -0.3 is 14.7 Å². The lowest BCUT2D eigenvalue weighted by atomic mass is 10.1. The van der Waals surface area contributed by atoms with Gasteiger partial charge in [-0.15, -0.1) is 0 Å². The first-order valence-electron chi connectivity index (χ1n) is 8.42. The van der Waals surface area contributed by atoms with Crippen LogP contribution in [-0.2, 0) is 11.8 Å². The Balaban J connectivity index is 2.00. The van der Waals surface area contributed by atoms with Crippen LogP contribution in [0.2, 0.25) is 0 Å². The average molecular weight is 370 g/mol. The topological polar surface area (TPSA) is 135 Å². The Kier molecular flexibility index (Phi) is 6.03. The van der Waals surface area contributed by atoms with Gasteiger partial charge in [-0.3, -0.25) is 15.5 Å². The molecule has 1 aromatic heterocycles. The number of ether oxygens (including phenoxy) is 1.